The molecule has 2 N–H and O–H groups in total. The zero-order chi connectivity index (χ0) is 21.2. The van der Waals surface area contributed by atoms with E-state index < -0.39 is 29.6 Å². The fourth-order valence-corrected chi connectivity index (χ4v) is 2.54. The first-order valence-corrected chi connectivity index (χ1v) is 8.33. The number of halogens is 4. The van der Waals surface area contributed by atoms with Crippen LogP contribution in [0.1, 0.15) is 12.5 Å². The molecule has 12 heteroatoms. The Bertz CT molecular complexity index is 854. The molecule has 4 amide bonds. The summed E-state index contributed by atoms with van der Waals surface area (Å²) in [5.41, 5.74) is -0.795. The molecule has 0 spiro atoms. The van der Waals surface area contributed by atoms with Crippen LogP contribution in [0.5, 0.6) is 0 Å². The van der Waals surface area contributed by atoms with Crippen molar-refractivity contribution in [1.29, 1.82) is 0 Å². The van der Waals surface area contributed by atoms with Gasteiger partial charge in [-0.3, -0.25) is 19.8 Å². The summed E-state index contributed by atoms with van der Waals surface area (Å²) in [6.07, 6.45) is -3.96. The van der Waals surface area contributed by atoms with Gasteiger partial charge in [-0.2, -0.15) is 13.2 Å². The smallest absolute Gasteiger partial charge is 0.380 e. The molecule has 0 aliphatic carbocycles. The number of nitrogens with one attached hydrogen (secondary N) is 2. The molecule has 1 saturated heterocycles. The van der Waals surface area contributed by atoms with E-state index in [-0.39, 0.29) is 29.5 Å². The van der Waals surface area contributed by atoms with Gasteiger partial charge < -0.3 is 10.2 Å². The van der Waals surface area contributed by atoms with Gasteiger partial charge in [-0.25, -0.2) is 9.78 Å². The van der Waals surface area contributed by atoms with Crippen molar-refractivity contribution in [2.75, 3.05) is 32.5 Å². The van der Waals surface area contributed by atoms with E-state index in [4.69, 9.17) is 11.6 Å². The number of carbonyl (C=O) groups is 3. The summed E-state index contributed by atoms with van der Waals surface area (Å²) in [6.45, 7) is 1.35. The molecule has 0 unspecified atom stereocenters. The van der Waals surface area contributed by atoms with E-state index in [9.17, 15) is 27.6 Å². The Hall–Kier alpha value is -2.82. The average molecular weight is 420 g/mol. The Morgan fingerprint density at radius 3 is 2.50 bits per heavy atom. The molecule has 8 nitrogen and oxygen atoms in total. The van der Waals surface area contributed by atoms with E-state index in [1.54, 1.807) is 25.9 Å². The van der Waals surface area contributed by atoms with Crippen LogP contribution in [0.15, 0.2) is 23.5 Å². The Morgan fingerprint density at radius 1 is 1.32 bits per heavy atom. The second-order valence-corrected chi connectivity index (χ2v) is 6.46. The lowest BCUT2D eigenvalue weighted by Crippen LogP contribution is -2.55. The largest absolute Gasteiger partial charge is 0.417 e. The number of imide groups is 2. The topological polar surface area (TPSA) is 94.6 Å². The van der Waals surface area contributed by atoms with Crippen LogP contribution in [0, 0.1) is 0 Å². The molecule has 0 bridgehead atoms. The number of allylic oxidation sites excluding steroid dienone is 1. The highest BCUT2D eigenvalue weighted by molar-refractivity contribution is 6.33. The number of pyridine rings is 1. The predicted octanol–water partition coefficient (Wildman–Crippen LogP) is 2.08. The molecular weight excluding hydrogens is 403 g/mol. The van der Waals surface area contributed by atoms with Crippen LogP contribution in [0.2, 0.25) is 5.02 Å². The van der Waals surface area contributed by atoms with E-state index in [0.717, 1.165) is 11.0 Å². The van der Waals surface area contributed by atoms with Crippen molar-refractivity contribution in [3.05, 3.63) is 34.1 Å². The van der Waals surface area contributed by atoms with Crippen molar-refractivity contribution in [1.82, 2.24) is 20.1 Å². The summed E-state index contributed by atoms with van der Waals surface area (Å²) >= 11 is 5.79. The molecule has 0 aromatic carbocycles. The van der Waals surface area contributed by atoms with E-state index in [0.29, 0.717) is 11.9 Å². The van der Waals surface area contributed by atoms with Gasteiger partial charge >= 0.3 is 12.2 Å². The molecule has 1 aliphatic rings. The van der Waals surface area contributed by atoms with Crippen LogP contribution in [-0.2, 0) is 15.8 Å². The lowest BCUT2D eigenvalue weighted by molar-refractivity contribution is -0.138. The molecule has 28 heavy (non-hydrogen) atoms. The number of rotatable bonds is 5. The maximum atomic E-state index is 12.6. The van der Waals surface area contributed by atoms with Gasteiger partial charge in [0.05, 0.1) is 10.6 Å². The number of hydrogen-bond donors (Lipinski definition) is 2. The number of carbonyl (C=O) groups excluding carboxylic acids is 3. The molecule has 152 valence electrons. The number of nitrogens with zero attached hydrogens (tertiary/aromatic N) is 3. The van der Waals surface area contributed by atoms with Crippen molar-refractivity contribution in [2.24, 2.45) is 0 Å². The number of urea groups is 1. The summed E-state index contributed by atoms with van der Waals surface area (Å²) in [7, 11) is 3.28. The van der Waals surface area contributed by atoms with Gasteiger partial charge in [-0.05, 0) is 13.0 Å². The second-order valence-electron chi connectivity index (χ2n) is 6.05. The van der Waals surface area contributed by atoms with Gasteiger partial charge in [0.2, 0.25) is 0 Å². The maximum absolute atomic E-state index is 12.6. The van der Waals surface area contributed by atoms with E-state index in [1.165, 1.54) is 0 Å². The number of anilines is 1. The molecule has 1 aromatic rings. The lowest BCUT2D eigenvalue weighted by atomic mass is 10.1. The van der Waals surface area contributed by atoms with Crippen LogP contribution in [0.4, 0.5) is 23.8 Å². The average Bonchev–Trinajstić information content (AvgIpc) is 2.57. The van der Waals surface area contributed by atoms with Crippen molar-refractivity contribution in [3.63, 3.8) is 0 Å². The highest BCUT2D eigenvalue weighted by Gasteiger charge is 2.37. The highest BCUT2D eigenvalue weighted by Crippen LogP contribution is 2.32. The van der Waals surface area contributed by atoms with Crippen LogP contribution >= 0.6 is 11.6 Å². The lowest BCUT2D eigenvalue weighted by Gasteiger charge is -2.28. The maximum Gasteiger partial charge on any atom is 0.417 e. The third-order valence-corrected chi connectivity index (χ3v) is 4.27. The summed E-state index contributed by atoms with van der Waals surface area (Å²) in [5.74, 6) is -1.60. The molecule has 1 aliphatic heterocycles. The van der Waals surface area contributed by atoms with E-state index in [2.05, 4.69) is 15.6 Å². The van der Waals surface area contributed by atoms with Crippen molar-refractivity contribution in [3.8, 4) is 0 Å². The second kappa shape index (κ2) is 8.05. The van der Waals surface area contributed by atoms with Gasteiger partial charge in [0.15, 0.2) is 0 Å². The SMILES string of the molecule is C/C(=C1/C(=O)NC(=O)N(CCNc2ncc(C(F)(F)F)cc2Cl)C1=O)N(C)C. The Morgan fingerprint density at radius 2 is 1.96 bits per heavy atom. The summed E-state index contributed by atoms with van der Waals surface area (Å²) in [6, 6.07) is -0.172. The van der Waals surface area contributed by atoms with Gasteiger partial charge in [-0.15, -0.1) is 0 Å². The summed E-state index contributed by atoms with van der Waals surface area (Å²) in [4.78, 5) is 42.4. The van der Waals surface area contributed by atoms with Crippen LogP contribution < -0.4 is 10.6 Å². The van der Waals surface area contributed by atoms with E-state index >= 15 is 0 Å². The standard InChI is InChI=1S/C16H17ClF3N5O3/c1-8(24(2)3)11-13(26)23-15(28)25(14(11)27)5-4-21-12-10(17)6-9(7-22-12)16(18,19)20/h6-7H,4-5H2,1-3H3,(H,21,22)(H,23,26,28)/b11-8+. The Kier molecular flexibility index (Phi) is 6.17. The number of hydrogen-bond acceptors (Lipinski definition) is 6. The first-order chi connectivity index (χ1) is 12.9. The molecule has 2 rings (SSSR count). The first-order valence-electron chi connectivity index (χ1n) is 7.95. The predicted molar refractivity (Wildman–Crippen MR) is 94.4 cm³/mol. The fraction of sp³-hybridized carbons (Fsp3) is 0.375. The third kappa shape index (κ3) is 4.53. The number of alkyl halides is 3. The van der Waals surface area contributed by atoms with Crippen molar-refractivity contribution >= 4 is 35.3 Å². The summed E-state index contributed by atoms with van der Waals surface area (Å²) in [5, 5.41) is 4.48. The number of barbiturate groups is 1. The van der Waals surface area contributed by atoms with E-state index in [1.807, 2.05) is 0 Å². The minimum Gasteiger partial charge on any atom is -0.380 e. The third-order valence-electron chi connectivity index (χ3n) is 3.98. The minimum absolute atomic E-state index is 0.0316. The molecular formula is C16H17ClF3N5O3. The van der Waals surface area contributed by atoms with Crippen LogP contribution in [0.3, 0.4) is 0 Å². The van der Waals surface area contributed by atoms with Gasteiger partial charge in [0.25, 0.3) is 11.8 Å². The first kappa shape index (κ1) is 21.5. The molecule has 0 radical (unpaired) electrons. The van der Waals surface area contributed by atoms with Gasteiger partial charge in [0, 0.05) is 39.1 Å². The van der Waals surface area contributed by atoms with Crippen molar-refractivity contribution in [2.45, 2.75) is 13.1 Å². The van der Waals surface area contributed by atoms with Gasteiger partial charge in [-0.1, -0.05) is 11.6 Å². The quantitative estimate of drug-likeness (QED) is 0.560. The minimum atomic E-state index is -4.58. The summed E-state index contributed by atoms with van der Waals surface area (Å²) < 4.78 is 37.9. The Labute approximate surface area is 163 Å². The molecule has 2 heterocycles. The number of aromatic nitrogens is 1. The van der Waals surface area contributed by atoms with Crippen molar-refractivity contribution < 1.29 is 27.6 Å². The highest BCUT2D eigenvalue weighted by atomic mass is 35.5. The van der Waals surface area contributed by atoms with Crippen LogP contribution in [0.25, 0.3) is 0 Å². The molecule has 0 atom stereocenters. The van der Waals surface area contributed by atoms with Crippen LogP contribution in [-0.4, -0.2) is 59.8 Å². The zero-order valence-corrected chi connectivity index (χ0v) is 15.9. The normalized spacial score (nSPS) is 16.8. The molecule has 0 saturated carbocycles. The Balaban J connectivity index is 2.10. The monoisotopic (exact) mass is 419 g/mol. The zero-order valence-electron chi connectivity index (χ0n) is 15.1. The van der Waals surface area contributed by atoms with Gasteiger partial charge in [0.1, 0.15) is 11.4 Å². The fourth-order valence-electron chi connectivity index (χ4n) is 2.31. The molecule has 1 fully saturated rings. The number of amides is 4. The molecule has 1 aromatic heterocycles.